The number of aryl methyl sites for hydroxylation is 1. The molecule has 154 valence electrons. The van der Waals surface area contributed by atoms with Crippen molar-refractivity contribution >= 4 is 10.0 Å². The average Bonchev–Trinajstić information content (AvgIpc) is 3.23. The van der Waals surface area contributed by atoms with Crippen LogP contribution >= 0.6 is 0 Å². The molecule has 0 saturated carbocycles. The van der Waals surface area contributed by atoms with Gasteiger partial charge in [0.05, 0.1) is 16.6 Å². The van der Waals surface area contributed by atoms with Crippen molar-refractivity contribution in [1.82, 2.24) is 14.6 Å². The third-order valence-electron chi connectivity index (χ3n) is 6.10. The number of nitrogens with one attached hydrogen (secondary N) is 1. The van der Waals surface area contributed by atoms with Crippen LogP contribution in [0, 0.1) is 0 Å². The SMILES string of the molecule is O=S(=O)(c1cccc(CNC2CCCc3cccnc32)c1)N1Cc2ccccc2C1. The minimum atomic E-state index is -3.53. The minimum absolute atomic E-state index is 0.211. The third kappa shape index (κ3) is 3.67. The van der Waals surface area contributed by atoms with Crippen LogP contribution in [-0.4, -0.2) is 17.7 Å². The Labute approximate surface area is 177 Å². The molecule has 0 saturated heterocycles. The second kappa shape index (κ2) is 7.95. The molecule has 1 aromatic heterocycles. The van der Waals surface area contributed by atoms with E-state index >= 15 is 0 Å². The highest BCUT2D eigenvalue weighted by Crippen LogP contribution is 2.30. The maximum Gasteiger partial charge on any atom is 0.243 e. The van der Waals surface area contributed by atoms with E-state index in [-0.39, 0.29) is 6.04 Å². The number of nitrogens with zero attached hydrogens (tertiary/aromatic N) is 2. The van der Waals surface area contributed by atoms with Gasteiger partial charge in [-0.25, -0.2) is 8.42 Å². The number of aromatic nitrogens is 1. The molecule has 30 heavy (non-hydrogen) atoms. The van der Waals surface area contributed by atoms with E-state index in [4.69, 9.17) is 0 Å². The average molecular weight is 420 g/mol. The zero-order valence-corrected chi connectivity index (χ0v) is 17.6. The number of pyridine rings is 1. The molecule has 6 heteroatoms. The summed E-state index contributed by atoms with van der Waals surface area (Å²) >= 11 is 0. The van der Waals surface area contributed by atoms with Crippen molar-refractivity contribution in [3.63, 3.8) is 0 Å². The van der Waals surface area contributed by atoms with E-state index in [2.05, 4.69) is 16.4 Å². The molecule has 2 aliphatic rings. The predicted molar refractivity (Wildman–Crippen MR) is 116 cm³/mol. The molecular weight excluding hydrogens is 394 g/mol. The van der Waals surface area contributed by atoms with Crippen molar-refractivity contribution in [3.8, 4) is 0 Å². The summed E-state index contributed by atoms with van der Waals surface area (Å²) in [6, 6.07) is 19.6. The lowest BCUT2D eigenvalue weighted by atomic mass is 9.92. The molecular formula is C24H25N3O2S. The highest BCUT2D eigenvalue weighted by atomic mass is 32.2. The van der Waals surface area contributed by atoms with E-state index in [9.17, 15) is 8.42 Å². The van der Waals surface area contributed by atoms with Gasteiger partial charge >= 0.3 is 0 Å². The van der Waals surface area contributed by atoms with E-state index in [1.165, 1.54) is 5.56 Å². The Bertz CT molecular complexity index is 1150. The molecule has 1 aliphatic heterocycles. The van der Waals surface area contributed by atoms with Crippen LogP contribution in [0.15, 0.2) is 71.8 Å². The van der Waals surface area contributed by atoms with E-state index in [0.717, 1.165) is 41.6 Å². The summed E-state index contributed by atoms with van der Waals surface area (Å²) in [7, 11) is -3.53. The lowest BCUT2D eigenvalue weighted by molar-refractivity contribution is 0.431. The summed E-state index contributed by atoms with van der Waals surface area (Å²) in [4.78, 5) is 4.93. The van der Waals surface area contributed by atoms with E-state index in [1.54, 1.807) is 16.4 Å². The lowest BCUT2D eigenvalue weighted by Gasteiger charge is -2.25. The van der Waals surface area contributed by atoms with Gasteiger partial charge in [0.15, 0.2) is 0 Å². The molecule has 5 rings (SSSR count). The van der Waals surface area contributed by atoms with Gasteiger partial charge in [0, 0.05) is 25.8 Å². The maximum atomic E-state index is 13.2. The lowest BCUT2D eigenvalue weighted by Crippen LogP contribution is -2.27. The van der Waals surface area contributed by atoms with Gasteiger partial charge in [-0.15, -0.1) is 0 Å². The van der Waals surface area contributed by atoms with Crippen LogP contribution in [0.25, 0.3) is 0 Å². The van der Waals surface area contributed by atoms with Gasteiger partial charge in [-0.1, -0.05) is 42.5 Å². The van der Waals surface area contributed by atoms with Crippen LogP contribution in [0.1, 0.15) is 46.8 Å². The zero-order chi connectivity index (χ0) is 20.6. The smallest absolute Gasteiger partial charge is 0.243 e. The number of hydrogen-bond donors (Lipinski definition) is 1. The standard InChI is InChI=1S/C24H25N3O2S/c28-30(29,27-16-20-7-1-2-8-21(20)17-27)22-11-3-6-18(14-22)15-26-23-12-4-9-19-10-5-13-25-24(19)23/h1-3,5-8,10-11,13-14,23,26H,4,9,12,15-17H2. The molecule has 1 atom stereocenters. The normalized spacial score (nSPS) is 18.7. The number of benzene rings is 2. The minimum Gasteiger partial charge on any atom is -0.305 e. The molecule has 0 spiro atoms. The van der Waals surface area contributed by atoms with E-state index in [1.807, 2.05) is 48.7 Å². The first-order chi connectivity index (χ1) is 14.6. The Hall–Kier alpha value is -2.54. The fourth-order valence-electron chi connectivity index (χ4n) is 4.49. The third-order valence-corrected chi connectivity index (χ3v) is 7.88. The molecule has 5 nitrogen and oxygen atoms in total. The number of hydrogen-bond acceptors (Lipinski definition) is 4. The topological polar surface area (TPSA) is 62.3 Å². The fourth-order valence-corrected chi connectivity index (χ4v) is 5.95. The maximum absolute atomic E-state index is 13.2. The summed E-state index contributed by atoms with van der Waals surface area (Å²) in [5.41, 5.74) is 5.58. The Morgan fingerprint density at radius 1 is 0.967 bits per heavy atom. The Balaban J connectivity index is 1.32. The molecule has 2 heterocycles. The van der Waals surface area contributed by atoms with Gasteiger partial charge in [0.1, 0.15) is 0 Å². The van der Waals surface area contributed by atoms with Crippen molar-refractivity contribution in [2.75, 3.05) is 0 Å². The predicted octanol–water partition coefficient (Wildman–Crippen LogP) is 3.95. The molecule has 1 aliphatic carbocycles. The molecule has 1 N–H and O–H groups in total. The van der Waals surface area contributed by atoms with Gasteiger partial charge in [-0.2, -0.15) is 4.31 Å². The Kier molecular flexibility index (Phi) is 5.15. The van der Waals surface area contributed by atoms with Crippen molar-refractivity contribution in [1.29, 1.82) is 0 Å². The molecule has 0 fully saturated rings. The zero-order valence-electron chi connectivity index (χ0n) is 16.8. The van der Waals surface area contributed by atoms with Crippen molar-refractivity contribution in [2.45, 2.75) is 49.8 Å². The van der Waals surface area contributed by atoms with Crippen LogP contribution in [0.3, 0.4) is 0 Å². The Morgan fingerprint density at radius 3 is 2.53 bits per heavy atom. The van der Waals surface area contributed by atoms with Gasteiger partial charge < -0.3 is 5.32 Å². The Morgan fingerprint density at radius 2 is 1.73 bits per heavy atom. The first-order valence-electron chi connectivity index (χ1n) is 10.4. The van der Waals surface area contributed by atoms with Gasteiger partial charge in [0.2, 0.25) is 10.0 Å². The summed E-state index contributed by atoms with van der Waals surface area (Å²) in [5.74, 6) is 0. The fraction of sp³-hybridized carbons (Fsp3) is 0.292. The second-order valence-electron chi connectivity index (χ2n) is 8.06. The summed E-state index contributed by atoms with van der Waals surface area (Å²) in [5, 5.41) is 3.59. The van der Waals surface area contributed by atoms with E-state index in [0.29, 0.717) is 24.5 Å². The van der Waals surface area contributed by atoms with Crippen LogP contribution in [0.5, 0.6) is 0 Å². The second-order valence-corrected chi connectivity index (χ2v) is 10.0. The molecule has 2 aromatic carbocycles. The number of sulfonamides is 1. The number of rotatable bonds is 5. The van der Waals surface area contributed by atoms with Crippen molar-refractivity contribution in [3.05, 3.63) is 94.8 Å². The first-order valence-corrected chi connectivity index (χ1v) is 11.9. The van der Waals surface area contributed by atoms with Crippen LogP contribution in [-0.2, 0) is 36.1 Å². The molecule has 0 amide bonds. The summed E-state index contributed by atoms with van der Waals surface area (Å²) < 4.78 is 28.0. The monoisotopic (exact) mass is 419 g/mol. The largest absolute Gasteiger partial charge is 0.305 e. The molecule has 0 bridgehead atoms. The molecule has 0 radical (unpaired) electrons. The van der Waals surface area contributed by atoms with Crippen LogP contribution < -0.4 is 5.32 Å². The molecule has 3 aromatic rings. The first kappa shape index (κ1) is 19.4. The molecule has 1 unspecified atom stereocenters. The van der Waals surface area contributed by atoms with Crippen LogP contribution in [0.4, 0.5) is 0 Å². The highest BCUT2D eigenvalue weighted by molar-refractivity contribution is 7.89. The highest BCUT2D eigenvalue weighted by Gasteiger charge is 2.30. The van der Waals surface area contributed by atoms with Crippen LogP contribution in [0.2, 0.25) is 0 Å². The summed E-state index contributed by atoms with van der Waals surface area (Å²) in [6.07, 6.45) is 5.11. The number of fused-ring (bicyclic) bond motifs is 2. The van der Waals surface area contributed by atoms with Gasteiger partial charge in [-0.3, -0.25) is 4.98 Å². The van der Waals surface area contributed by atoms with Crippen molar-refractivity contribution < 1.29 is 8.42 Å². The summed E-state index contributed by atoms with van der Waals surface area (Å²) in [6.45, 7) is 1.49. The van der Waals surface area contributed by atoms with Gasteiger partial charge in [-0.05, 0) is 59.7 Å². The quantitative estimate of drug-likeness (QED) is 0.680. The van der Waals surface area contributed by atoms with Crippen molar-refractivity contribution in [2.24, 2.45) is 0 Å². The van der Waals surface area contributed by atoms with Gasteiger partial charge in [0.25, 0.3) is 0 Å². The van der Waals surface area contributed by atoms with E-state index < -0.39 is 10.0 Å².